The van der Waals surface area contributed by atoms with Crippen LogP contribution in [0, 0.1) is 36.4 Å². The van der Waals surface area contributed by atoms with Crippen molar-refractivity contribution in [1.82, 2.24) is 0 Å². The molecule has 0 spiro atoms. The van der Waals surface area contributed by atoms with Crippen LogP contribution < -0.4 is 0 Å². The van der Waals surface area contributed by atoms with Gasteiger partial charge in [0, 0.05) is 5.54 Å². The molecule has 0 bridgehead atoms. The zero-order chi connectivity index (χ0) is 17.6. The maximum absolute atomic E-state index is 13.7. The summed E-state index contributed by atoms with van der Waals surface area (Å²) in [5.74, 6) is 3.41. The molecule has 0 nitrogen and oxygen atoms in total. The first-order chi connectivity index (χ1) is 12.2. The van der Waals surface area contributed by atoms with Gasteiger partial charge < -0.3 is 0 Å². The minimum Gasteiger partial charge on any atom is -0.207 e. The van der Waals surface area contributed by atoms with Gasteiger partial charge in [0.2, 0.25) is 0 Å². The highest BCUT2D eigenvalue weighted by Crippen LogP contribution is 2.42. The fourth-order valence-corrected chi connectivity index (χ4v) is 5.23. The highest BCUT2D eigenvalue weighted by atomic mass is 35.5. The quantitative estimate of drug-likeness (QED) is 0.510. The summed E-state index contributed by atoms with van der Waals surface area (Å²) in [4.78, 5) is 0. The first kappa shape index (κ1) is 19.0. The molecule has 0 N–H and O–H groups in total. The fraction of sp³-hybridized carbons (Fsp3) is 0.652. The first-order valence-electron chi connectivity index (χ1n) is 10.2. The lowest BCUT2D eigenvalue weighted by Crippen LogP contribution is -2.25. The summed E-state index contributed by atoms with van der Waals surface area (Å²) in [6, 6.07) is 5.74. The Balaban J connectivity index is 1.39. The van der Waals surface area contributed by atoms with E-state index in [9.17, 15) is 4.39 Å². The Morgan fingerprint density at radius 2 is 1.64 bits per heavy atom. The van der Waals surface area contributed by atoms with Gasteiger partial charge in [0.1, 0.15) is 5.82 Å². The molecule has 2 saturated carbocycles. The number of hydrogen-bond donors (Lipinski definition) is 0. The van der Waals surface area contributed by atoms with Crippen LogP contribution in [0.15, 0.2) is 29.8 Å². The van der Waals surface area contributed by atoms with Crippen LogP contribution in [0.25, 0.3) is 0 Å². The Morgan fingerprint density at radius 3 is 2.24 bits per heavy atom. The Kier molecular flexibility index (Phi) is 6.99. The van der Waals surface area contributed by atoms with Gasteiger partial charge in [0.15, 0.2) is 0 Å². The number of allylic oxidation sites excluding steroid dienone is 1. The maximum atomic E-state index is 13.7. The third-order valence-electron chi connectivity index (χ3n) is 6.80. The predicted octanol–water partition coefficient (Wildman–Crippen LogP) is 7.43. The van der Waals surface area contributed by atoms with Gasteiger partial charge in [-0.25, -0.2) is 4.39 Å². The Morgan fingerprint density at radius 1 is 1.00 bits per heavy atom. The zero-order valence-corrected chi connectivity index (χ0v) is 16.3. The van der Waals surface area contributed by atoms with Gasteiger partial charge in [-0.1, -0.05) is 42.7 Å². The van der Waals surface area contributed by atoms with E-state index in [0.29, 0.717) is 0 Å². The van der Waals surface area contributed by atoms with E-state index < -0.39 is 0 Å². The van der Waals surface area contributed by atoms with Crippen molar-refractivity contribution in [2.75, 3.05) is 0 Å². The van der Waals surface area contributed by atoms with Crippen molar-refractivity contribution >= 4 is 11.6 Å². The summed E-state index contributed by atoms with van der Waals surface area (Å²) in [5, 5.41) is 0. The first-order valence-corrected chi connectivity index (χ1v) is 10.6. The molecule has 1 aromatic carbocycles. The van der Waals surface area contributed by atoms with E-state index in [1.54, 1.807) is 11.6 Å². The van der Waals surface area contributed by atoms with Crippen LogP contribution in [0.2, 0.25) is 0 Å². The minimum atomic E-state index is -0.0548. The van der Waals surface area contributed by atoms with Crippen molar-refractivity contribution in [3.05, 3.63) is 46.8 Å². The van der Waals surface area contributed by atoms with E-state index in [1.807, 2.05) is 13.0 Å². The second-order valence-corrected chi connectivity index (χ2v) is 8.65. The van der Waals surface area contributed by atoms with Gasteiger partial charge in [-0.15, -0.1) is 0 Å². The molecule has 0 heterocycles. The standard InChI is InChI=1S/C23H32ClF/c1-17-2-3-20(16-23(17)25)5-4-18-6-10-21(11-7-18)22-12-8-19(9-13-22)14-15-24/h2-3,14-16,18-19,21-22H,4-13H2,1H3. The smallest absolute Gasteiger partial charge is 0.126 e. The highest BCUT2D eigenvalue weighted by molar-refractivity contribution is 6.25. The Bertz CT molecular complexity index is 563. The molecule has 2 heteroatoms. The molecule has 0 aromatic heterocycles. The molecular formula is C23H32ClF. The van der Waals surface area contributed by atoms with Crippen molar-refractivity contribution in [2.45, 2.75) is 71.1 Å². The molecule has 1 aromatic rings. The largest absolute Gasteiger partial charge is 0.207 e. The summed E-state index contributed by atoms with van der Waals surface area (Å²) in [7, 11) is 0. The second-order valence-electron chi connectivity index (χ2n) is 8.40. The van der Waals surface area contributed by atoms with E-state index in [0.717, 1.165) is 41.2 Å². The molecule has 138 valence electrons. The van der Waals surface area contributed by atoms with Crippen molar-refractivity contribution in [3.8, 4) is 0 Å². The summed E-state index contributed by atoms with van der Waals surface area (Å²) < 4.78 is 13.7. The molecule has 0 radical (unpaired) electrons. The van der Waals surface area contributed by atoms with Crippen LogP contribution in [-0.2, 0) is 6.42 Å². The summed E-state index contributed by atoms with van der Waals surface area (Å²) in [6.45, 7) is 1.83. The van der Waals surface area contributed by atoms with Crippen LogP contribution in [0.3, 0.4) is 0 Å². The van der Waals surface area contributed by atoms with Crippen molar-refractivity contribution < 1.29 is 4.39 Å². The van der Waals surface area contributed by atoms with Crippen molar-refractivity contribution in [2.24, 2.45) is 23.7 Å². The molecular weight excluding hydrogens is 331 g/mol. The minimum absolute atomic E-state index is 0.0548. The van der Waals surface area contributed by atoms with Gasteiger partial charge in [0.05, 0.1) is 0 Å². The second kappa shape index (κ2) is 9.21. The molecule has 0 unspecified atom stereocenters. The topological polar surface area (TPSA) is 0 Å². The van der Waals surface area contributed by atoms with E-state index in [-0.39, 0.29) is 5.82 Å². The zero-order valence-electron chi connectivity index (χ0n) is 15.5. The van der Waals surface area contributed by atoms with Gasteiger partial charge in [-0.2, -0.15) is 0 Å². The predicted molar refractivity (Wildman–Crippen MR) is 105 cm³/mol. The Hall–Kier alpha value is -0.820. The number of benzene rings is 1. The number of rotatable bonds is 5. The van der Waals surface area contributed by atoms with Crippen LogP contribution in [0.5, 0.6) is 0 Å². The third kappa shape index (κ3) is 5.33. The molecule has 0 amide bonds. The van der Waals surface area contributed by atoms with Crippen LogP contribution in [-0.4, -0.2) is 0 Å². The van der Waals surface area contributed by atoms with Crippen LogP contribution >= 0.6 is 11.6 Å². The molecule has 0 aliphatic heterocycles. The van der Waals surface area contributed by atoms with E-state index in [2.05, 4.69) is 12.1 Å². The maximum Gasteiger partial charge on any atom is 0.126 e. The van der Waals surface area contributed by atoms with Gasteiger partial charge in [-0.05, 0) is 99.2 Å². The molecule has 0 atom stereocenters. The molecule has 25 heavy (non-hydrogen) atoms. The van der Waals surface area contributed by atoms with Crippen molar-refractivity contribution in [3.63, 3.8) is 0 Å². The molecule has 0 saturated heterocycles. The monoisotopic (exact) mass is 362 g/mol. The summed E-state index contributed by atoms with van der Waals surface area (Å²) in [6.07, 6.45) is 15.4. The van der Waals surface area contributed by atoms with Gasteiger partial charge in [-0.3, -0.25) is 0 Å². The number of hydrogen-bond acceptors (Lipinski definition) is 0. The summed E-state index contributed by atoms with van der Waals surface area (Å²) in [5.41, 5.74) is 3.62. The van der Waals surface area contributed by atoms with Crippen molar-refractivity contribution in [1.29, 1.82) is 0 Å². The van der Waals surface area contributed by atoms with E-state index >= 15 is 0 Å². The third-order valence-corrected chi connectivity index (χ3v) is 6.94. The molecule has 2 aliphatic carbocycles. The number of aryl methyl sites for hydroxylation is 2. The number of halogens is 2. The molecule has 3 rings (SSSR count). The Labute approximate surface area is 157 Å². The van der Waals surface area contributed by atoms with Crippen LogP contribution in [0.4, 0.5) is 4.39 Å². The lowest BCUT2D eigenvalue weighted by molar-refractivity contribution is 0.153. The lowest BCUT2D eigenvalue weighted by Gasteiger charge is -2.37. The fourth-order valence-electron chi connectivity index (χ4n) is 5.02. The average Bonchev–Trinajstić information content (AvgIpc) is 2.64. The van der Waals surface area contributed by atoms with Crippen LogP contribution in [0.1, 0.15) is 68.9 Å². The van der Waals surface area contributed by atoms with E-state index in [1.165, 1.54) is 57.8 Å². The lowest BCUT2D eigenvalue weighted by atomic mass is 9.68. The molecule has 2 fully saturated rings. The van der Waals surface area contributed by atoms with E-state index in [4.69, 9.17) is 11.6 Å². The highest BCUT2D eigenvalue weighted by Gasteiger charge is 2.30. The normalized spacial score (nSPS) is 30.7. The van der Waals surface area contributed by atoms with Gasteiger partial charge >= 0.3 is 0 Å². The molecule has 2 aliphatic rings. The average molecular weight is 363 g/mol. The SMILES string of the molecule is Cc1ccc(CCC2CCC(C3CCC(C=CCl)CC3)CC2)cc1F. The van der Waals surface area contributed by atoms with Gasteiger partial charge in [0.25, 0.3) is 0 Å². The summed E-state index contributed by atoms with van der Waals surface area (Å²) >= 11 is 5.72.